The van der Waals surface area contributed by atoms with Gasteiger partial charge in [0.15, 0.2) is 17.9 Å². The van der Waals surface area contributed by atoms with E-state index in [4.69, 9.17) is 18.9 Å². The molecule has 29 heavy (non-hydrogen) atoms. The van der Waals surface area contributed by atoms with Crippen LogP contribution in [0.1, 0.15) is 30.5 Å². The van der Waals surface area contributed by atoms with Crippen molar-refractivity contribution in [1.82, 2.24) is 5.32 Å². The van der Waals surface area contributed by atoms with Crippen molar-refractivity contribution >= 4 is 5.97 Å². The van der Waals surface area contributed by atoms with Gasteiger partial charge in [0.1, 0.15) is 6.61 Å². The van der Waals surface area contributed by atoms with E-state index >= 15 is 0 Å². The van der Waals surface area contributed by atoms with Gasteiger partial charge in [-0.25, -0.2) is 4.39 Å². The summed E-state index contributed by atoms with van der Waals surface area (Å²) in [6, 6.07) is 13.7. The third kappa shape index (κ3) is 7.45. The van der Waals surface area contributed by atoms with Crippen LogP contribution in [0.25, 0.3) is 0 Å². The summed E-state index contributed by atoms with van der Waals surface area (Å²) in [5.41, 5.74) is 1.55. The first-order valence-corrected chi connectivity index (χ1v) is 9.48. The standard InChI is InChI=1S/C22H28FNO5/c1-4-28-21(25)13-19(24-14-22(26-2)27-3)17-10-11-20(18(23)12-17)29-15-16-8-6-5-7-9-16/h5-12,19,22,24H,4,13-15H2,1-3H3/t19-/m1/s1. The van der Waals surface area contributed by atoms with Crippen molar-refractivity contribution in [3.05, 3.63) is 65.5 Å². The van der Waals surface area contributed by atoms with Crippen molar-refractivity contribution in [2.75, 3.05) is 27.4 Å². The Labute approximate surface area is 170 Å². The number of nitrogens with one attached hydrogen (secondary N) is 1. The van der Waals surface area contributed by atoms with Crippen LogP contribution in [0, 0.1) is 5.82 Å². The maximum Gasteiger partial charge on any atom is 0.307 e. The quantitative estimate of drug-likeness (QED) is 0.430. The number of carbonyl (C=O) groups is 1. The molecule has 0 fully saturated rings. The molecule has 0 heterocycles. The molecule has 0 radical (unpaired) electrons. The highest BCUT2D eigenvalue weighted by molar-refractivity contribution is 5.70. The van der Waals surface area contributed by atoms with Crippen molar-refractivity contribution in [2.45, 2.75) is 32.3 Å². The van der Waals surface area contributed by atoms with Gasteiger partial charge in [0, 0.05) is 26.8 Å². The Morgan fingerprint density at radius 2 is 1.83 bits per heavy atom. The number of methoxy groups -OCH3 is 2. The molecule has 1 atom stereocenters. The van der Waals surface area contributed by atoms with Crippen LogP contribution in [0.4, 0.5) is 4.39 Å². The summed E-state index contributed by atoms with van der Waals surface area (Å²) in [5, 5.41) is 3.17. The Hall–Kier alpha value is -2.48. The minimum absolute atomic E-state index is 0.0532. The Bertz CT molecular complexity index is 752. The van der Waals surface area contributed by atoms with Gasteiger partial charge in [-0.2, -0.15) is 0 Å². The molecule has 0 aromatic heterocycles. The monoisotopic (exact) mass is 405 g/mol. The molecule has 0 bridgehead atoms. The van der Waals surface area contributed by atoms with E-state index in [1.165, 1.54) is 20.3 Å². The van der Waals surface area contributed by atoms with E-state index in [9.17, 15) is 9.18 Å². The molecule has 6 nitrogen and oxygen atoms in total. The number of ether oxygens (including phenoxy) is 4. The molecule has 7 heteroatoms. The Morgan fingerprint density at radius 1 is 1.10 bits per heavy atom. The Balaban J connectivity index is 2.09. The summed E-state index contributed by atoms with van der Waals surface area (Å²) in [6.45, 7) is 2.62. The predicted octanol–water partition coefficient (Wildman–Crippen LogP) is 3.61. The summed E-state index contributed by atoms with van der Waals surface area (Å²) in [4.78, 5) is 12.0. The van der Waals surface area contributed by atoms with E-state index < -0.39 is 18.1 Å². The molecule has 1 N–H and O–H groups in total. The van der Waals surface area contributed by atoms with Gasteiger partial charge in [0.2, 0.25) is 0 Å². The van der Waals surface area contributed by atoms with Crippen LogP contribution >= 0.6 is 0 Å². The van der Waals surface area contributed by atoms with Crippen molar-refractivity contribution in [3.8, 4) is 5.75 Å². The number of hydrogen-bond acceptors (Lipinski definition) is 6. The molecule has 0 saturated heterocycles. The second-order valence-electron chi connectivity index (χ2n) is 6.34. The number of hydrogen-bond donors (Lipinski definition) is 1. The zero-order valence-electron chi connectivity index (χ0n) is 17.0. The van der Waals surface area contributed by atoms with Crippen molar-refractivity contribution in [3.63, 3.8) is 0 Å². The fraction of sp³-hybridized carbons (Fsp3) is 0.409. The van der Waals surface area contributed by atoms with Gasteiger partial charge >= 0.3 is 5.97 Å². The minimum atomic E-state index is -0.496. The lowest BCUT2D eigenvalue weighted by Gasteiger charge is -2.22. The smallest absolute Gasteiger partial charge is 0.307 e. The molecule has 158 valence electrons. The van der Waals surface area contributed by atoms with Crippen LogP contribution in [0.15, 0.2) is 48.5 Å². The molecule has 0 aliphatic carbocycles. The molecular formula is C22H28FNO5. The van der Waals surface area contributed by atoms with Crippen LogP contribution in [0.3, 0.4) is 0 Å². The second-order valence-corrected chi connectivity index (χ2v) is 6.34. The molecular weight excluding hydrogens is 377 g/mol. The normalized spacial score (nSPS) is 12.0. The zero-order chi connectivity index (χ0) is 21.1. The third-order valence-electron chi connectivity index (χ3n) is 4.33. The number of rotatable bonds is 12. The topological polar surface area (TPSA) is 66.0 Å². The van der Waals surface area contributed by atoms with Gasteiger partial charge in [-0.15, -0.1) is 0 Å². The molecule has 2 rings (SSSR count). The molecule has 2 aromatic carbocycles. The lowest BCUT2D eigenvalue weighted by Crippen LogP contribution is -2.34. The van der Waals surface area contributed by atoms with Gasteiger partial charge in [-0.1, -0.05) is 36.4 Å². The first-order valence-electron chi connectivity index (χ1n) is 9.48. The van der Waals surface area contributed by atoms with E-state index in [1.54, 1.807) is 19.1 Å². The molecule has 0 aliphatic rings. The van der Waals surface area contributed by atoms with Crippen molar-refractivity contribution in [1.29, 1.82) is 0 Å². The number of benzene rings is 2. The zero-order valence-corrected chi connectivity index (χ0v) is 17.0. The fourth-order valence-corrected chi connectivity index (χ4v) is 2.78. The average Bonchev–Trinajstić information content (AvgIpc) is 2.73. The van der Waals surface area contributed by atoms with Crippen molar-refractivity contribution in [2.24, 2.45) is 0 Å². The highest BCUT2D eigenvalue weighted by atomic mass is 19.1. The molecule has 2 aromatic rings. The number of carbonyl (C=O) groups excluding carboxylic acids is 1. The number of esters is 1. The van der Waals surface area contributed by atoms with E-state index in [2.05, 4.69) is 5.32 Å². The summed E-state index contributed by atoms with van der Waals surface area (Å²) < 4.78 is 35.5. The van der Waals surface area contributed by atoms with Crippen LogP contribution in [-0.4, -0.2) is 39.6 Å². The van der Waals surface area contributed by atoms with Crippen molar-refractivity contribution < 1.29 is 28.1 Å². The summed E-state index contributed by atoms with van der Waals surface area (Å²) in [5.74, 6) is -0.718. The van der Waals surface area contributed by atoms with Crippen LogP contribution in [-0.2, 0) is 25.6 Å². The van der Waals surface area contributed by atoms with E-state index in [0.717, 1.165) is 5.56 Å². The lowest BCUT2D eigenvalue weighted by atomic mass is 10.0. The SMILES string of the molecule is CCOC(=O)C[C@@H](NCC(OC)OC)c1ccc(OCc2ccccc2)c(F)c1. The minimum Gasteiger partial charge on any atom is -0.486 e. The summed E-state index contributed by atoms with van der Waals surface area (Å²) >= 11 is 0. The molecule has 0 aliphatic heterocycles. The van der Waals surface area contributed by atoms with E-state index in [0.29, 0.717) is 12.1 Å². The second kappa shape index (κ2) is 12.2. The summed E-state index contributed by atoms with van der Waals surface area (Å²) in [6.07, 6.45) is -0.435. The molecule has 0 unspecified atom stereocenters. The summed E-state index contributed by atoms with van der Waals surface area (Å²) in [7, 11) is 3.05. The van der Waals surface area contributed by atoms with Gasteiger partial charge in [0.05, 0.1) is 13.0 Å². The highest BCUT2D eigenvalue weighted by Crippen LogP contribution is 2.25. The Kier molecular flexibility index (Phi) is 9.56. The first-order chi connectivity index (χ1) is 14.1. The van der Waals surface area contributed by atoms with Gasteiger partial charge in [-0.3, -0.25) is 4.79 Å². The van der Waals surface area contributed by atoms with E-state index in [-0.39, 0.29) is 31.4 Å². The third-order valence-corrected chi connectivity index (χ3v) is 4.33. The molecule has 0 spiro atoms. The van der Waals surface area contributed by atoms with Gasteiger partial charge in [-0.05, 0) is 30.2 Å². The Morgan fingerprint density at radius 3 is 2.45 bits per heavy atom. The average molecular weight is 405 g/mol. The largest absolute Gasteiger partial charge is 0.486 e. The lowest BCUT2D eigenvalue weighted by molar-refractivity contribution is -0.144. The van der Waals surface area contributed by atoms with Gasteiger partial charge < -0.3 is 24.3 Å². The van der Waals surface area contributed by atoms with E-state index in [1.807, 2.05) is 30.3 Å². The van der Waals surface area contributed by atoms with Crippen LogP contribution in [0.5, 0.6) is 5.75 Å². The maximum atomic E-state index is 14.6. The molecule has 0 amide bonds. The first kappa shape index (κ1) is 22.8. The predicted molar refractivity (Wildman–Crippen MR) is 107 cm³/mol. The van der Waals surface area contributed by atoms with Gasteiger partial charge in [0.25, 0.3) is 0 Å². The fourth-order valence-electron chi connectivity index (χ4n) is 2.78. The molecule has 0 saturated carbocycles. The maximum absolute atomic E-state index is 14.6. The highest BCUT2D eigenvalue weighted by Gasteiger charge is 2.20. The van der Waals surface area contributed by atoms with Crippen LogP contribution in [0.2, 0.25) is 0 Å². The number of halogens is 1. The van der Waals surface area contributed by atoms with Crippen LogP contribution < -0.4 is 10.1 Å².